The normalized spacial score (nSPS) is 12.5. The van der Waals surface area contributed by atoms with Crippen molar-refractivity contribution in [1.29, 1.82) is 0 Å². The monoisotopic (exact) mass is 186 g/mol. The number of carbonyl (C=O) groups is 1. The number of tetrazole rings is 1. The van der Waals surface area contributed by atoms with Gasteiger partial charge >= 0.3 is 5.97 Å². The van der Waals surface area contributed by atoms with E-state index >= 15 is 0 Å². The average molecular weight is 186 g/mol. The third kappa shape index (κ3) is 3.16. The van der Waals surface area contributed by atoms with Crippen molar-refractivity contribution in [1.82, 2.24) is 20.2 Å². The highest BCUT2D eigenvalue weighted by atomic mass is 16.7. The fraction of sp³-hybridized carbons (Fsp3) is 0.667. The van der Waals surface area contributed by atoms with Crippen LogP contribution in [0.15, 0.2) is 6.33 Å². The first-order valence-corrected chi connectivity index (χ1v) is 3.63. The Morgan fingerprint density at radius 1 is 1.69 bits per heavy atom. The summed E-state index contributed by atoms with van der Waals surface area (Å²) in [5.74, 6) is -0.403. The largest absolute Gasteiger partial charge is 0.434 e. The molecule has 0 aliphatic carbocycles. The molecule has 1 atom stereocenters. The minimum absolute atomic E-state index is 0.281. The van der Waals surface area contributed by atoms with Crippen LogP contribution in [0.5, 0.6) is 0 Å². The number of nitrogens with zero attached hydrogens (tertiary/aromatic N) is 4. The molecule has 0 bridgehead atoms. The lowest BCUT2D eigenvalue weighted by atomic mass is 10.6. The molecule has 0 saturated heterocycles. The molecule has 0 aliphatic rings. The molecule has 0 amide bonds. The summed E-state index contributed by atoms with van der Waals surface area (Å²) in [6, 6.07) is 0. The van der Waals surface area contributed by atoms with E-state index in [-0.39, 0.29) is 6.54 Å². The molecule has 0 N–H and O–H groups in total. The van der Waals surface area contributed by atoms with Gasteiger partial charge in [-0.3, -0.25) is 4.79 Å². The Kier molecular flexibility index (Phi) is 3.32. The van der Waals surface area contributed by atoms with Crippen LogP contribution in [0.1, 0.15) is 6.92 Å². The van der Waals surface area contributed by atoms with Gasteiger partial charge in [0.25, 0.3) is 0 Å². The Bertz CT molecular complexity index is 261. The van der Waals surface area contributed by atoms with Crippen LogP contribution in [0.4, 0.5) is 0 Å². The highest BCUT2D eigenvalue weighted by Crippen LogP contribution is 1.96. The van der Waals surface area contributed by atoms with E-state index in [1.807, 2.05) is 0 Å². The maximum Gasteiger partial charge on any atom is 0.305 e. The number of rotatable bonds is 4. The van der Waals surface area contributed by atoms with Gasteiger partial charge in [0, 0.05) is 14.0 Å². The van der Waals surface area contributed by atoms with Crippen LogP contribution < -0.4 is 0 Å². The highest BCUT2D eigenvalue weighted by molar-refractivity contribution is 5.66. The Morgan fingerprint density at radius 3 is 2.92 bits per heavy atom. The molecule has 7 nitrogen and oxygen atoms in total. The summed E-state index contributed by atoms with van der Waals surface area (Å²) in [6.45, 7) is 1.59. The minimum Gasteiger partial charge on any atom is -0.434 e. The molecule has 0 fully saturated rings. The molecule has 0 saturated carbocycles. The van der Waals surface area contributed by atoms with Crippen molar-refractivity contribution in [3.8, 4) is 0 Å². The van der Waals surface area contributed by atoms with Gasteiger partial charge in [-0.05, 0) is 10.4 Å². The summed E-state index contributed by atoms with van der Waals surface area (Å²) in [4.78, 5) is 10.6. The van der Waals surface area contributed by atoms with Crippen LogP contribution in [0.3, 0.4) is 0 Å². The number of hydrogen-bond donors (Lipinski definition) is 0. The van der Waals surface area contributed by atoms with E-state index in [0.29, 0.717) is 0 Å². The lowest BCUT2D eigenvalue weighted by Crippen LogP contribution is -2.24. The van der Waals surface area contributed by atoms with Crippen LogP contribution in [0.25, 0.3) is 0 Å². The van der Waals surface area contributed by atoms with Gasteiger partial charge in [0.05, 0.1) is 0 Å². The zero-order chi connectivity index (χ0) is 9.68. The molecule has 7 heteroatoms. The first-order valence-electron chi connectivity index (χ1n) is 3.63. The number of esters is 1. The van der Waals surface area contributed by atoms with Gasteiger partial charge < -0.3 is 9.47 Å². The Hall–Kier alpha value is -1.50. The van der Waals surface area contributed by atoms with Crippen molar-refractivity contribution in [2.75, 3.05) is 7.11 Å². The molecule has 1 unspecified atom stereocenters. The summed E-state index contributed by atoms with van der Waals surface area (Å²) in [7, 11) is 1.44. The van der Waals surface area contributed by atoms with Crippen molar-refractivity contribution >= 4 is 5.97 Å². The van der Waals surface area contributed by atoms with Crippen molar-refractivity contribution < 1.29 is 14.3 Å². The van der Waals surface area contributed by atoms with Gasteiger partial charge in [-0.1, -0.05) is 0 Å². The fourth-order valence-electron chi connectivity index (χ4n) is 0.762. The summed E-state index contributed by atoms with van der Waals surface area (Å²) >= 11 is 0. The van der Waals surface area contributed by atoms with Gasteiger partial charge in [0.2, 0.25) is 6.29 Å². The van der Waals surface area contributed by atoms with Crippen molar-refractivity contribution in [2.24, 2.45) is 0 Å². The van der Waals surface area contributed by atoms with Gasteiger partial charge in [-0.15, -0.1) is 5.10 Å². The summed E-state index contributed by atoms with van der Waals surface area (Å²) in [5.41, 5.74) is 0. The van der Waals surface area contributed by atoms with Gasteiger partial charge in [-0.2, -0.15) is 0 Å². The van der Waals surface area contributed by atoms with Crippen molar-refractivity contribution in [3.63, 3.8) is 0 Å². The minimum atomic E-state index is -0.652. The van der Waals surface area contributed by atoms with E-state index in [0.717, 1.165) is 0 Å². The van der Waals surface area contributed by atoms with Gasteiger partial charge in [0.15, 0.2) is 0 Å². The van der Waals surface area contributed by atoms with Crippen LogP contribution in [0.2, 0.25) is 0 Å². The molecular weight excluding hydrogens is 176 g/mol. The van der Waals surface area contributed by atoms with E-state index in [2.05, 4.69) is 15.5 Å². The lowest BCUT2D eigenvalue weighted by Gasteiger charge is -2.13. The second-order valence-corrected chi connectivity index (χ2v) is 2.31. The van der Waals surface area contributed by atoms with E-state index < -0.39 is 12.3 Å². The van der Waals surface area contributed by atoms with Crippen LogP contribution >= 0.6 is 0 Å². The smallest absolute Gasteiger partial charge is 0.305 e. The number of aromatic nitrogens is 4. The topological polar surface area (TPSA) is 79.1 Å². The van der Waals surface area contributed by atoms with E-state index in [4.69, 9.17) is 9.47 Å². The third-order valence-electron chi connectivity index (χ3n) is 1.29. The molecule has 1 aromatic rings. The zero-order valence-electron chi connectivity index (χ0n) is 7.38. The third-order valence-corrected chi connectivity index (χ3v) is 1.29. The molecule has 0 aromatic carbocycles. The van der Waals surface area contributed by atoms with E-state index in [9.17, 15) is 4.79 Å². The molecule has 1 heterocycles. The predicted octanol–water partition coefficient (Wildman–Crippen LogP) is -0.791. The predicted molar refractivity (Wildman–Crippen MR) is 40.4 cm³/mol. The lowest BCUT2D eigenvalue weighted by molar-refractivity contribution is -0.173. The molecule has 72 valence electrons. The number of ether oxygens (including phenoxy) is 2. The SMILES string of the molecule is COC(Cn1cnnn1)OC(C)=O. The molecule has 13 heavy (non-hydrogen) atoms. The Labute approximate surface area is 74.6 Å². The molecule has 1 aromatic heterocycles. The van der Waals surface area contributed by atoms with Crippen LogP contribution in [0, 0.1) is 0 Å². The summed E-state index contributed by atoms with van der Waals surface area (Å²) < 4.78 is 11.1. The standard InChI is InChI=1S/C6H10N4O3/c1-5(11)13-6(12-2)3-10-4-7-8-9-10/h4,6H,3H2,1-2H3. The maximum atomic E-state index is 10.6. The molecule has 0 spiro atoms. The Morgan fingerprint density at radius 2 is 2.46 bits per heavy atom. The average Bonchev–Trinajstić information content (AvgIpc) is 2.55. The second-order valence-electron chi connectivity index (χ2n) is 2.31. The van der Waals surface area contributed by atoms with Crippen LogP contribution in [-0.4, -0.2) is 39.6 Å². The number of hydrogen-bond acceptors (Lipinski definition) is 6. The quantitative estimate of drug-likeness (QED) is 0.453. The van der Waals surface area contributed by atoms with Gasteiger partial charge in [0.1, 0.15) is 12.9 Å². The van der Waals surface area contributed by atoms with Crippen molar-refractivity contribution in [2.45, 2.75) is 19.8 Å². The molecule has 1 rings (SSSR count). The molecule has 0 aliphatic heterocycles. The van der Waals surface area contributed by atoms with E-state index in [1.54, 1.807) is 0 Å². The molecule has 0 radical (unpaired) electrons. The van der Waals surface area contributed by atoms with Crippen molar-refractivity contribution in [3.05, 3.63) is 6.33 Å². The zero-order valence-corrected chi connectivity index (χ0v) is 7.38. The number of carbonyl (C=O) groups excluding carboxylic acids is 1. The Balaban J connectivity index is 2.45. The number of methoxy groups -OCH3 is 1. The van der Waals surface area contributed by atoms with Crippen LogP contribution in [-0.2, 0) is 20.8 Å². The first-order chi connectivity index (χ1) is 6.22. The van der Waals surface area contributed by atoms with Gasteiger partial charge in [-0.25, -0.2) is 4.68 Å². The summed E-state index contributed by atoms with van der Waals surface area (Å²) in [5, 5.41) is 10.4. The first kappa shape index (κ1) is 9.59. The maximum absolute atomic E-state index is 10.6. The highest BCUT2D eigenvalue weighted by Gasteiger charge is 2.11. The fourth-order valence-corrected chi connectivity index (χ4v) is 0.762. The second kappa shape index (κ2) is 4.51. The van der Waals surface area contributed by atoms with E-state index in [1.165, 1.54) is 25.0 Å². The molecular formula is C6H10N4O3. The summed E-state index contributed by atoms with van der Waals surface area (Å²) in [6.07, 6.45) is 0.760.